The lowest BCUT2D eigenvalue weighted by molar-refractivity contribution is -0.927. The van der Waals surface area contributed by atoms with Crippen LogP contribution in [0.1, 0.15) is 51.0 Å². The van der Waals surface area contributed by atoms with Crippen molar-refractivity contribution in [3.05, 3.63) is 35.9 Å². The molecule has 21 heavy (non-hydrogen) atoms. The molecule has 0 aromatic heterocycles. The lowest BCUT2D eigenvalue weighted by atomic mass is 9.85. The van der Waals surface area contributed by atoms with E-state index in [0.717, 1.165) is 18.0 Å². The molecule has 0 unspecified atom stereocenters. The summed E-state index contributed by atoms with van der Waals surface area (Å²) in [6.45, 7) is 6.40. The van der Waals surface area contributed by atoms with Gasteiger partial charge in [0.15, 0.2) is 0 Å². The number of nitrogens with one attached hydrogen (secondary N) is 1. The lowest BCUT2D eigenvalue weighted by Gasteiger charge is -2.33. The minimum atomic E-state index is 0.898. The summed E-state index contributed by atoms with van der Waals surface area (Å²) in [6.07, 6.45) is 8.66. The van der Waals surface area contributed by atoms with Crippen molar-refractivity contribution in [3.63, 3.8) is 0 Å². The molecule has 3 rings (SSSR count). The molecule has 1 aromatic rings. The van der Waals surface area contributed by atoms with Crippen LogP contribution in [0.3, 0.4) is 0 Å². The molecule has 0 bridgehead atoms. The van der Waals surface area contributed by atoms with E-state index in [9.17, 15) is 0 Å². The van der Waals surface area contributed by atoms with E-state index >= 15 is 0 Å². The van der Waals surface area contributed by atoms with E-state index in [0.29, 0.717) is 0 Å². The first-order valence-corrected chi connectivity index (χ1v) is 9.04. The average Bonchev–Trinajstić information content (AvgIpc) is 2.52. The van der Waals surface area contributed by atoms with Gasteiger partial charge in [-0.3, -0.25) is 0 Å². The fourth-order valence-corrected chi connectivity index (χ4v) is 4.28. The first kappa shape index (κ1) is 15.1. The Kier molecular flexibility index (Phi) is 5.32. The molecule has 1 saturated heterocycles. The Hall–Kier alpha value is -0.860. The van der Waals surface area contributed by atoms with Crippen LogP contribution in [-0.4, -0.2) is 25.2 Å². The second-order valence-electron chi connectivity index (χ2n) is 7.37. The molecule has 1 aliphatic carbocycles. The Balaban J connectivity index is 1.42. The fourth-order valence-electron chi connectivity index (χ4n) is 4.28. The van der Waals surface area contributed by atoms with Crippen molar-refractivity contribution in [1.29, 1.82) is 0 Å². The molecule has 2 heteroatoms. The van der Waals surface area contributed by atoms with Crippen LogP contribution in [0.15, 0.2) is 30.3 Å². The first-order valence-electron chi connectivity index (χ1n) is 9.04. The van der Waals surface area contributed by atoms with Gasteiger partial charge in [-0.25, -0.2) is 0 Å². The molecule has 2 nitrogen and oxygen atoms in total. The monoisotopic (exact) mass is 288 g/mol. The Bertz CT molecular complexity index is 409. The van der Waals surface area contributed by atoms with Crippen molar-refractivity contribution in [2.75, 3.05) is 13.1 Å². The number of rotatable bonds is 4. The van der Waals surface area contributed by atoms with Crippen LogP contribution < -0.4 is 10.2 Å². The quantitative estimate of drug-likeness (QED) is 0.835. The topological polar surface area (TPSA) is 21.1 Å². The number of hydrogen-bond donors (Lipinski definition) is 2. The summed E-state index contributed by atoms with van der Waals surface area (Å²) in [5, 5.41) is 2.75. The Labute approximate surface area is 129 Å². The number of piperidine rings is 1. The first-order chi connectivity index (χ1) is 10.3. The fraction of sp³-hybridized carbons (Fsp3) is 0.684. The van der Waals surface area contributed by atoms with E-state index in [1.807, 2.05) is 0 Å². The molecule has 1 saturated carbocycles. The second kappa shape index (κ2) is 7.42. The second-order valence-corrected chi connectivity index (χ2v) is 7.37. The Morgan fingerprint density at radius 2 is 1.71 bits per heavy atom. The standard InChI is InChI=1S/C19H30N2/c1-16-7-5-6-10-19(16)20-18-11-13-21(14-12-18)15-17-8-3-2-4-9-17/h2-4,8-9,16,18-20H,5-7,10-15H2,1H3/p+2/t16-,19+/m0/s1. The summed E-state index contributed by atoms with van der Waals surface area (Å²) in [5.74, 6) is 0.938. The molecule has 2 fully saturated rings. The number of hydrogen-bond acceptors (Lipinski definition) is 0. The molecule has 0 radical (unpaired) electrons. The summed E-state index contributed by atoms with van der Waals surface area (Å²) in [7, 11) is 0. The van der Waals surface area contributed by atoms with E-state index in [1.165, 1.54) is 63.7 Å². The number of quaternary nitrogens is 2. The minimum Gasteiger partial charge on any atom is -0.341 e. The van der Waals surface area contributed by atoms with Gasteiger partial charge in [0.05, 0.1) is 25.2 Å². The van der Waals surface area contributed by atoms with Crippen LogP contribution >= 0.6 is 0 Å². The van der Waals surface area contributed by atoms with Crippen molar-refractivity contribution in [2.45, 2.75) is 64.1 Å². The number of likely N-dealkylation sites (tertiary alicyclic amines) is 1. The number of nitrogens with two attached hydrogens (primary N) is 1. The maximum absolute atomic E-state index is 2.75. The molecule has 116 valence electrons. The van der Waals surface area contributed by atoms with E-state index in [-0.39, 0.29) is 0 Å². The molecule has 0 spiro atoms. The highest BCUT2D eigenvalue weighted by molar-refractivity contribution is 5.13. The zero-order chi connectivity index (χ0) is 14.5. The molecule has 1 aliphatic heterocycles. The minimum absolute atomic E-state index is 0.898. The van der Waals surface area contributed by atoms with E-state index in [1.54, 1.807) is 4.90 Å². The van der Waals surface area contributed by atoms with Crippen LogP contribution in [0.5, 0.6) is 0 Å². The predicted molar refractivity (Wildman–Crippen MR) is 87.2 cm³/mol. The third kappa shape index (κ3) is 4.31. The van der Waals surface area contributed by atoms with Gasteiger partial charge in [0.25, 0.3) is 0 Å². The van der Waals surface area contributed by atoms with Gasteiger partial charge in [-0.2, -0.15) is 0 Å². The Morgan fingerprint density at radius 1 is 1.00 bits per heavy atom. The van der Waals surface area contributed by atoms with Gasteiger partial charge in [-0.1, -0.05) is 43.7 Å². The van der Waals surface area contributed by atoms with Crippen molar-refractivity contribution < 1.29 is 10.2 Å². The molecule has 1 aromatic carbocycles. The molecule has 2 aliphatic rings. The van der Waals surface area contributed by atoms with Gasteiger partial charge in [0.2, 0.25) is 0 Å². The smallest absolute Gasteiger partial charge is 0.103 e. The van der Waals surface area contributed by atoms with Gasteiger partial charge in [-0.05, 0) is 19.3 Å². The molecule has 0 amide bonds. The highest BCUT2D eigenvalue weighted by Crippen LogP contribution is 2.21. The van der Waals surface area contributed by atoms with Gasteiger partial charge in [0.1, 0.15) is 6.54 Å². The average molecular weight is 288 g/mol. The van der Waals surface area contributed by atoms with E-state index < -0.39 is 0 Å². The van der Waals surface area contributed by atoms with Crippen LogP contribution in [0, 0.1) is 5.92 Å². The highest BCUT2D eigenvalue weighted by Gasteiger charge is 2.30. The summed E-state index contributed by atoms with van der Waals surface area (Å²) in [6, 6.07) is 12.8. The Morgan fingerprint density at radius 3 is 2.43 bits per heavy atom. The summed E-state index contributed by atoms with van der Waals surface area (Å²) in [4.78, 5) is 1.78. The van der Waals surface area contributed by atoms with Crippen molar-refractivity contribution in [3.8, 4) is 0 Å². The highest BCUT2D eigenvalue weighted by atomic mass is 15.1. The lowest BCUT2D eigenvalue weighted by Crippen LogP contribution is -3.14. The van der Waals surface area contributed by atoms with Gasteiger partial charge < -0.3 is 10.2 Å². The zero-order valence-corrected chi connectivity index (χ0v) is 13.6. The summed E-state index contributed by atoms with van der Waals surface area (Å²) in [5.41, 5.74) is 1.50. The van der Waals surface area contributed by atoms with Crippen molar-refractivity contribution in [1.82, 2.24) is 0 Å². The third-order valence-corrected chi connectivity index (χ3v) is 5.73. The van der Waals surface area contributed by atoms with E-state index in [2.05, 4.69) is 42.6 Å². The molecular weight excluding hydrogens is 256 g/mol. The van der Waals surface area contributed by atoms with Crippen LogP contribution in [0.2, 0.25) is 0 Å². The maximum atomic E-state index is 2.75. The summed E-state index contributed by atoms with van der Waals surface area (Å²) < 4.78 is 0. The number of benzene rings is 1. The van der Waals surface area contributed by atoms with Crippen LogP contribution in [0.25, 0.3) is 0 Å². The normalized spacial score (nSPS) is 33.8. The largest absolute Gasteiger partial charge is 0.341 e. The molecule has 2 atom stereocenters. The maximum Gasteiger partial charge on any atom is 0.103 e. The van der Waals surface area contributed by atoms with Gasteiger partial charge in [0, 0.05) is 24.3 Å². The van der Waals surface area contributed by atoms with Gasteiger partial charge in [-0.15, -0.1) is 0 Å². The third-order valence-electron chi connectivity index (χ3n) is 5.73. The van der Waals surface area contributed by atoms with Crippen molar-refractivity contribution in [2.24, 2.45) is 5.92 Å². The van der Waals surface area contributed by atoms with Crippen molar-refractivity contribution >= 4 is 0 Å². The van der Waals surface area contributed by atoms with E-state index in [4.69, 9.17) is 0 Å². The molecular formula is C19H32N2+2. The zero-order valence-electron chi connectivity index (χ0n) is 13.6. The molecule has 1 heterocycles. The summed E-state index contributed by atoms with van der Waals surface area (Å²) >= 11 is 0. The predicted octanol–water partition coefficient (Wildman–Crippen LogP) is 1.38. The van der Waals surface area contributed by atoms with Crippen LogP contribution in [-0.2, 0) is 6.54 Å². The van der Waals surface area contributed by atoms with Crippen LogP contribution in [0.4, 0.5) is 0 Å². The van der Waals surface area contributed by atoms with Gasteiger partial charge >= 0.3 is 0 Å². The molecule has 3 N–H and O–H groups in total. The SMILES string of the molecule is C[C@H]1CCCC[C@H]1[NH2+]C1CC[NH+](Cc2ccccc2)CC1.